The van der Waals surface area contributed by atoms with Gasteiger partial charge in [-0.3, -0.25) is 0 Å². The summed E-state index contributed by atoms with van der Waals surface area (Å²) in [6.07, 6.45) is -4.41. The van der Waals surface area contributed by atoms with Gasteiger partial charge in [-0.25, -0.2) is 0 Å². The van der Waals surface area contributed by atoms with Crippen molar-refractivity contribution in [2.75, 3.05) is 0 Å². The summed E-state index contributed by atoms with van der Waals surface area (Å²) in [4.78, 5) is 0. The molecule has 0 amide bonds. The third kappa shape index (κ3) is 3.72. The zero-order valence-corrected chi connectivity index (χ0v) is 10.7. The molecule has 0 saturated heterocycles. The summed E-state index contributed by atoms with van der Waals surface area (Å²) >= 11 is 0. The molecule has 0 unspecified atom stereocenters. The average Bonchev–Trinajstić information content (AvgIpc) is 2.38. The Kier molecular flexibility index (Phi) is 4.97. The largest absolute Gasteiger partial charge is 0.407 e. The van der Waals surface area contributed by atoms with Gasteiger partial charge in [0.1, 0.15) is 6.04 Å². The second-order valence-electron chi connectivity index (χ2n) is 4.01. The zero-order valence-electron chi connectivity index (χ0n) is 9.89. The van der Waals surface area contributed by atoms with Crippen LogP contribution in [0.25, 0.3) is 11.1 Å². The van der Waals surface area contributed by atoms with Crippen LogP contribution < -0.4 is 5.73 Å². The number of rotatable bonds is 2. The van der Waals surface area contributed by atoms with Crippen molar-refractivity contribution >= 4 is 12.4 Å². The van der Waals surface area contributed by atoms with Gasteiger partial charge in [0.15, 0.2) is 0 Å². The Morgan fingerprint density at radius 3 is 1.74 bits per heavy atom. The van der Waals surface area contributed by atoms with Gasteiger partial charge in [0.05, 0.1) is 0 Å². The molecule has 0 saturated carbocycles. The van der Waals surface area contributed by atoms with Crippen molar-refractivity contribution in [1.29, 1.82) is 0 Å². The molecule has 1 atom stereocenters. The van der Waals surface area contributed by atoms with Crippen LogP contribution in [-0.2, 0) is 0 Å². The van der Waals surface area contributed by atoms with Gasteiger partial charge in [0.25, 0.3) is 0 Å². The topological polar surface area (TPSA) is 26.0 Å². The maximum Gasteiger partial charge on any atom is 0.407 e. The molecule has 2 rings (SSSR count). The fraction of sp³-hybridized carbons (Fsp3) is 0.143. The van der Waals surface area contributed by atoms with Gasteiger partial charge in [-0.2, -0.15) is 13.2 Å². The summed E-state index contributed by atoms with van der Waals surface area (Å²) in [5, 5.41) is 0. The highest BCUT2D eigenvalue weighted by molar-refractivity contribution is 5.85. The third-order valence-electron chi connectivity index (χ3n) is 2.73. The van der Waals surface area contributed by atoms with E-state index >= 15 is 0 Å². The van der Waals surface area contributed by atoms with Gasteiger partial charge < -0.3 is 5.73 Å². The van der Waals surface area contributed by atoms with Crippen LogP contribution in [0.3, 0.4) is 0 Å². The van der Waals surface area contributed by atoms with Crippen molar-refractivity contribution in [3.8, 4) is 11.1 Å². The van der Waals surface area contributed by atoms with E-state index in [1.54, 1.807) is 12.1 Å². The number of alkyl halides is 3. The molecule has 2 aromatic rings. The molecule has 5 heteroatoms. The van der Waals surface area contributed by atoms with Crippen LogP contribution in [0.2, 0.25) is 0 Å². The van der Waals surface area contributed by atoms with E-state index in [0.29, 0.717) is 0 Å². The van der Waals surface area contributed by atoms with Crippen molar-refractivity contribution in [2.45, 2.75) is 12.2 Å². The highest BCUT2D eigenvalue weighted by Crippen LogP contribution is 2.31. The van der Waals surface area contributed by atoms with Crippen LogP contribution in [0.5, 0.6) is 0 Å². The smallest absolute Gasteiger partial charge is 0.316 e. The highest BCUT2D eigenvalue weighted by Gasteiger charge is 2.37. The van der Waals surface area contributed by atoms with Gasteiger partial charge in [-0.1, -0.05) is 54.6 Å². The molecule has 0 fully saturated rings. The van der Waals surface area contributed by atoms with Crippen LogP contribution in [-0.4, -0.2) is 6.18 Å². The van der Waals surface area contributed by atoms with Crippen LogP contribution in [0, 0.1) is 0 Å². The monoisotopic (exact) mass is 287 g/mol. The first-order chi connectivity index (χ1) is 8.48. The van der Waals surface area contributed by atoms with Gasteiger partial charge >= 0.3 is 6.18 Å². The van der Waals surface area contributed by atoms with Gasteiger partial charge in [0.2, 0.25) is 0 Å². The molecule has 0 bridgehead atoms. The van der Waals surface area contributed by atoms with Crippen LogP contribution in [0.4, 0.5) is 13.2 Å². The molecule has 0 aromatic heterocycles. The number of hydrogen-bond donors (Lipinski definition) is 1. The van der Waals surface area contributed by atoms with Crippen LogP contribution in [0.15, 0.2) is 54.6 Å². The molecule has 19 heavy (non-hydrogen) atoms. The van der Waals surface area contributed by atoms with Crippen LogP contribution >= 0.6 is 12.4 Å². The Bertz CT molecular complexity index is 508. The minimum Gasteiger partial charge on any atom is -0.316 e. The predicted molar refractivity (Wildman–Crippen MR) is 72.1 cm³/mol. The van der Waals surface area contributed by atoms with Gasteiger partial charge in [0, 0.05) is 0 Å². The molecule has 0 spiro atoms. The molecule has 102 valence electrons. The van der Waals surface area contributed by atoms with E-state index in [1.807, 2.05) is 30.3 Å². The Morgan fingerprint density at radius 1 is 0.789 bits per heavy atom. The summed E-state index contributed by atoms with van der Waals surface area (Å²) in [6, 6.07) is 13.7. The molecule has 2 aromatic carbocycles. The lowest BCUT2D eigenvalue weighted by molar-refractivity contribution is -0.149. The minimum atomic E-state index is -4.41. The standard InChI is InChI=1S/C14H12F3N.ClH/c15-14(16,17)13(18)12-8-6-11(7-9-12)10-4-2-1-3-5-10;/h1-9,13H,18H2;1H/t13-;/m1./s1. The first kappa shape index (κ1) is 15.5. The summed E-state index contributed by atoms with van der Waals surface area (Å²) in [5.41, 5.74) is 7.04. The summed E-state index contributed by atoms with van der Waals surface area (Å²) in [6.45, 7) is 0. The maximum absolute atomic E-state index is 12.4. The molecule has 0 radical (unpaired) electrons. The predicted octanol–water partition coefficient (Wildman–Crippen LogP) is 4.34. The SMILES string of the molecule is Cl.N[C@H](c1ccc(-c2ccccc2)cc1)C(F)(F)F. The van der Waals surface area contributed by atoms with Crippen molar-refractivity contribution < 1.29 is 13.2 Å². The third-order valence-corrected chi connectivity index (χ3v) is 2.73. The summed E-state index contributed by atoms with van der Waals surface area (Å²) in [5.74, 6) is 0. The molecule has 1 nitrogen and oxygen atoms in total. The molecule has 0 heterocycles. The van der Waals surface area contributed by atoms with Crippen molar-refractivity contribution in [3.63, 3.8) is 0 Å². The second kappa shape index (κ2) is 6.08. The molecule has 2 N–H and O–H groups in total. The summed E-state index contributed by atoms with van der Waals surface area (Å²) in [7, 11) is 0. The van der Waals surface area contributed by atoms with E-state index in [0.717, 1.165) is 11.1 Å². The summed E-state index contributed by atoms with van der Waals surface area (Å²) < 4.78 is 37.3. The first-order valence-corrected chi connectivity index (χ1v) is 5.46. The molecular formula is C14H13ClF3N. The van der Waals surface area contributed by atoms with Crippen molar-refractivity contribution in [3.05, 3.63) is 60.2 Å². The Hall–Kier alpha value is -1.52. The van der Waals surface area contributed by atoms with Crippen LogP contribution in [0.1, 0.15) is 11.6 Å². The van der Waals surface area contributed by atoms with E-state index < -0.39 is 12.2 Å². The van der Waals surface area contributed by atoms with E-state index in [1.165, 1.54) is 12.1 Å². The molecule has 0 aliphatic carbocycles. The van der Waals surface area contributed by atoms with E-state index in [2.05, 4.69) is 0 Å². The Labute approximate surface area is 115 Å². The minimum absolute atomic E-state index is 0. The molecule has 0 aliphatic rings. The average molecular weight is 288 g/mol. The Morgan fingerprint density at radius 2 is 1.26 bits per heavy atom. The van der Waals surface area contributed by atoms with Gasteiger partial charge in [-0.15, -0.1) is 12.4 Å². The maximum atomic E-state index is 12.4. The lowest BCUT2D eigenvalue weighted by Crippen LogP contribution is -2.28. The number of nitrogens with two attached hydrogens (primary N) is 1. The van der Waals surface area contributed by atoms with Gasteiger partial charge in [-0.05, 0) is 16.7 Å². The van der Waals surface area contributed by atoms with E-state index in [9.17, 15) is 13.2 Å². The quantitative estimate of drug-likeness (QED) is 0.874. The molecule has 0 aliphatic heterocycles. The highest BCUT2D eigenvalue weighted by atomic mass is 35.5. The zero-order chi connectivity index (χ0) is 13.2. The van der Waals surface area contributed by atoms with Crippen molar-refractivity contribution in [1.82, 2.24) is 0 Å². The van der Waals surface area contributed by atoms with Crippen molar-refractivity contribution in [2.24, 2.45) is 5.73 Å². The lowest BCUT2D eigenvalue weighted by atomic mass is 10.0. The normalized spacial score (nSPS) is 12.6. The lowest BCUT2D eigenvalue weighted by Gasteiger charge is -2.16. The van der Waals surface area contributed by atoms with E-state index in [-0.39, 0.29) is 18.0 Å². The first-order valence-electron chi connectivity index (χ1n) is 5.46. The fourth-order valence-corrected chi connectivity index (χ4v) is 1.70. The van der Waals surface area contributed by atoms with E-state index in [4.69, 9.17) is 5.73 Å². The number of benzene rings is 2. The fourth-order valence-electron chi connectivity index (χ4n) is 1.70. The molecular weight excluding hydrogens is 275 g/mol. The Balaban J connectivity index is 0.00000180. The number of hydrogen-bond acceptors (Lipinski definition) is 1. The second-order valence-corrected chi connectivity index (χ2v) is 4.01. The number of halogens is 4.